The van der Waals surface area contributed by atoms with Crippen molar-refractivity contribution in [1.82, 2.24) is 0 Å². The van der Waals surface area contributed by atoms with Crippen LogP contribution in [-0.2, 0) is 0 Å². The minimum absolute atomic E-state index is 0.236. The summed E-state index contributed by atoms with van der Waals surface area (Å²) in [6, 6.07) is 0. The molecule has 2 fully saturated rings. The molecule has 0 spiro atoms. The molecule has 0 bridgehead atoms. The Morgan fingerprint density at radius 1 is 0.621 bits per heavy atom. The van der Waals surface area contributed by atoms with Crippen LogP contribution in [0.2, 0.25) is 0 Å². The number of rotatable bonds is 2. The molecule has 0 amide bonds. The largest absolute Gasteiger partial charge is 0.0799 e. The van der Waals surface area contributed by atoms with E-state index in [2.05, 4.69) is 91.8 Å². The Morgan fingerprint density at radius 2 is 1.03 bits per heavy atom. The van der Waals surface area contributed by atoms with E-state index in [0.29, 0.717) is 29.1 Å². The van der Waals surface area contributed by atoms with E-state index in [1.165, 1.54) is 25.7 Å². The Labute approximate surface area is 180 Å². The van der Waals surface area contributed by atoms with Crippen molar-refractivity contribution in [2.45, 2.75) is 81.1 Å². The number of allylic oxidation sites excluding steroid dienone is 8. The lowest BCUT2D eigenvalue weighted by Gasteiger charge is -2.44. The zero-order valence-electron chi connectivity index (χ0n) is 20.3. The molecule has 4 rings (SSSR count). The summed E-state index contributed by atoms with van der Waals surface area (Å²) in [5, 5.41) is 0. The Bertz CT molecular complexity index is 697. The van der Waals surface area contributed by atoms with Gasteiger partial charge in [0.15, 0.2) is 0 Å². The molecule has 4 aliphatic rings. The van der Waals surface area contributed by atoms with Crippen molar-refractivity contribution < 1.29 is 0 Å². The molecular weight excluding hydrogens is 348 g/mol. The van der Waals surface area contributed by atoms with Crippen molar-refractivity contribution >= 4 is 0 Å². The smallest absolute Gasteiger partial charge is 0.00952 e. The SMILES string of the molecule is CC(C)(C)C1=C[C@H]2C(C=C1)[C@H]1C=CC(C(C)(C)C)=C[C@@H]1C2C(C)(C)C1CCCC1. The molecule has 5 atom stereocenters. The van der Waals surface area contributed by atoms with Crippen molar-refractivity contribution in [1.29, 1.82) is 0 Å². The first-order chi connectivity index (χ1) is 13.4. The van der Waals surface area contributed by atoms with Gasteiger partial charge in [0, 0.05) is 0 Å². The molecule has 0 heteroatoms. The third-order valence-corrected chi connectivity index (χ3v) is 8.90. The summed E-state index contributed by atoms with van der Waals surface area (Å²) in [4.78, 5) is 0. The van der Waals surface area contributed by atoms with E-state index in [4.69, 9.17) is 0 Å². The highest BCUT2D eigenvalue weighted by atomic mass is 14.6. The van der Waals surface area contributed by atoms with Gasteiger partial charge in [-0.25, -0.2) is 0 Å². The van der Waals surface area contributed by atoms with E-state index in [1.54, 1.807) is 11.1 Å². The normalized spacial score (nSPS) is 35.4. The summed E-state index contributed by atoms with van der Waals surface area (Å²) in [5.41, 5.74) is 3.97. The van der Waals surface area contributed by atoms with E-state index >= 15 is 0 Å². The van der Waals surface area contributed by atoms with Crippen LogP contribution in [-0.4, -0.2) is 0 Å². The molecule has 29 heavy (non-hydrogen) atoms. The molecule has 0 aromatic rings. The molecular formula is C29H44. The van der Waals surface area contributed by atoms with Crippen molar-refractivity contribution in [2.75, 3.05) is 0 Å². The Hall–Kier alpha value is -1.04. The fraction of sp³-hybridized carbons (Fsp3) is 0.724. The molecule has 0 aromatic heterocycles. The molecule has 160 valence electrons. The van der Waals surface area contributed by atoms with Crippen molar-refractivity contribution in [3.8, 4) is 0 Å². The van der Waals surface area contributed by atoms with Crippen molar-refractivity contribution in [3.05, 3.63) is 47.6 Å². The standard InChI is InChI=1S/C29H44/c1-27(2,3)20-13-15-22-23-16-14-21(28(4,5)6)18-25(23)26(24(22)17-20)29(7,8)19-11-9-10-12-19/h13-19,22-26H,9-12H2,1-8H3/t22-,23?,24+,25+,26?/m1/s1. The minimum atomic E-state index is 0.236. The summed E-state index contributed by atoms with van der Waals surface area (Å²) < 4.78 is 0. The van der Waals surface area contributed by atoms with Crippen LogP contribution in [0.3, 0.4) is 0 Å². The van der Waals surface area contributed by atoms with Gasteiger partial charge in [0.05, 0.1) is 0 Å². The molecule has 2 unspecified atom stereocenters. The maximum Gasteiger partial charge on any atom is -0.00952 e. The minimum Gasteiger partial charge on any atom is -0.0799 e. The maximum atomic E-state index is 2.71. The van der Waals surface area contributed by atoms with E-state index < -0.39 is 0 Å². The molecule has 0 nitrogen and oxygen atoms in total. The highest BCUT2D eigenvalue weighted by Gasteiger charge is 2.55. The summed E-state index contributed by atoms with van der Waals surface area (Å²) in [6.45, 7) is 19.5. The Kier molecular flexibility index (Phi) is 5.12. The van der Waals surface area contributed by atoms with Crippen molar-refractivity contribution in [2.24, 2.45) is 51.8 Å². The van der Waals surface area contributed by atoms with Gasteiger partial charge in [-0.3, -0.25) is 0 Å². The number of fused-ring (bicyclic) bond motifs is 3. The second kappa shape index (κ2) is 7.00. The van der Waals surface area contributed by atoms with Crippen LogP contribution in [0.1, 0.15) is 81.1 Å². The lowest BCUT2D eigenvalue weighted by Crippen LogP contribution is -2.38. The van der Waals surface area contributed by atoms with Gasteiger partial charge in [-0.2, -0.15) is 0 Å². The van der Waals surface area contributed by atoms with Crippen LogP contribution in [0.25, 0.3) is 0 Å². The zero-order valence-corrected chi connectivity index (χ0v) is 20.3. The van der Waals surface area contributed by atoms with Crippen LogP contribution in [0.5, 0.6) is 0 Å². The lowest BCUT2D eigenvalue weighted by molar-refractivity contribution is 0.0741. The van der Waals surface area contributed by atoms with Gasteiger partial charge in [0.1, 0.15) is 0 Å². The molecule has 0 heterocycles. The predicted molar refractivity (Wildman–Crippen MR) is 127 cm³/mol. The first-order valence-corrected chi connectivity index (χ1v) is 12.2. The Balaban J connectivity index is 1.79. The van der Waals surface area contributed by atoms with Gasteiger partial charge >= 0.3 is 0 Å². The van der Waals surface area contributed by atoms with Crippen LogP contribution >= 0.6 is 0 Å². The molecule has 4 aliphatic carbocycles. The first-order valence-electron chi connectivity index (χ1n) is 12.2. The maximum absolute atomic E-state index is 2.71. The fourth-order valence-electron chi connectivity index (χ4n) is 7.08. The van der Waals surface area contributed by atoms with Gasteiger partial charge in [0.25, 0.3) is 0 Å². The molecule has 0 saturated heterocycles. The van der Waals surface area contributed by atoms with Crippen LogP contribution in [0, 0.1) is 51.8 Å². The lowest BCUT2D eigenvalue weighted by atomic mass is 9.60. The fourth-order valence-corrected chi connectivity index (χ4v) is 7.08. The second-order valence-corrected chi connectivity index (χ2v) is 13.1. The molecule has 2 saturated carbocycles. The van der Waals surface area contributed by atoms with Crippen LogP contribution in [0.4, 0.5) is 0 Å². The summed E-state index contributed by atoms with van der Waals surface area (Å²) in [5.74, 6) is 4.34. The van der Waals surface area contributed by atoms with Crippen LogP contribution in [0.15, 0.2) is 47.6 Å². The highest BCUT2D eigenvalue weighted by Crippen LogP contribution is 2.62. The van der Waals surface area contributed by atoms with E-state index in [-0.39, 0.29) is 10.8 Å². The molecule has 0 N–H and O–H groups in total. The average Bonchev–Trinajstić information content (AvgIpc) is 3.26. The van der Waals surface area contributed by atoms with Gasteiger partial charge in [-0.15, -0.1) is 0 Å². The van der Waals surface area contributed by atoms with Gasteiger partial charge < -0.3 is 0 Å². The monoisotopic (exact) mass is 392 g/mol. The van der Waals surface area contributed by atoms with E-state index in [9.17, 15) is 0 Å². The van der Waals surface area contributed by atoms with E-state index in [1.807, 2.05) is 0 Å². The third-order valence-electron chi connectivity index (χ3n) is 8.90. The van der Waals surface area contributed by atoms with E-state index in [0.717, 1.165) is 11.8 Å². The number of hydrogen-bond donors (Lipinski definition) is 0. The quantitative estimate of drug-likeness (QED) is 0.442. The molecule has 0 aromatic carbocycles. The third kappa shape index (κ3) is 3.64. The van der Waals surface area contributed by atoms with Crippen molar-refractivity contribution in [3.63, 3.8) is 0 Å². The van der Waals surface area contributed by atoms with Gasteiger partial charge in [-0.05, 0) is 75.7 Å². The summed E-state index contributed by atoms with van der Waals surface area (Å²) in [7, 11) is 0. The highest BCUT2D eigenvalue weighted by molar-refractivity contribution is 5.39. The van der Waals surface area contributed by atoms with Gasteiger partial charge in [-0.1, -0.05) is 105 Å². The van der Waals surface area contributed by atoms with Gasteiger partial charge in [0.2, 0.25) is 0 Å². The summed E-state index contributed by atoms with van der Waals surface area (Å²) >= 11 is 0. The van der Waals surface area contributed by atoms with Crippen LogP contribution < -0.4 is 0 Å². The second-order valence-electron chi connectivity index (χ2n) is 13.1. The molecule has 0 radical (unpaired) electrons. The Morgan fingerprint density at radius 3 is 1.41 bits per heavy atom. The summed E-state index contributed by atoms with van der Waals surface area (Å²) in [6.07, 6.45) is 21.3. The number of hydrogen-bond acceptors (Lipinski definition) is 0. The first kappa shape index (κ1) is 21.2. The average molecular weight is 393 g/mol. The zero-order chi connectivity index (χ0) is 21.2. The predicted octanol–water partition coefficient (Wildman–Crippen LogP) is 8.38. The topological polar surface area (TPSA) is 0 Å². The molecule has 0 aliphatic heterocycles.